The summed E-state index contributed by atoms with van der Waals surface area (Å²) in [5.41, 5.74) is 7.69. The van der Waals surface area contributed by atoms with Gasteiger partial charge in [-0.2, -0.15) is 0 Å². The molecule has 8 fully saturated rings. The molecule has 0 heterocycles. The molecule has 0 aliphatic heterocycles. The van der Waals surface area contributed by atoms with E-state index in [1.165, 1.54) is 68.1 Å². The Kier molecular flexibility index (Phi) is 4.31. The van der Waals surface area contributed by atoms with Gasteiger partial charge in [-0.25, -0.2) is 0 Å². The summed E-state index contributed by atoms with van der Waals surface area (Å²) in [5.74, 6) is 9.89. The molecule has 172 valence electrons. The van der Waals surface area contributed by atoms with Gasteiger partial charge in [0.2, 0.25) is 0 Å². The van der Waals surface area contributed by atoms with Gasteiger partial charge < -0.3 is 0 Å². The summed E-state index contributed by atoms with van der Waals surface area (Å²) >= 11 is 0. The highest BCUT2D eigenvalue weighted by molar-refractivity contribution is 5.68. The molecule has 0 aromatic heterocycles. The van der Waals surface area contributed by atoms with Crippen molar-refractivity contribution in [1.29, 1.82) is 0 Å². The van der Waals surface area contributed by atoms with E-state index in [9.17, 15) is 0 Å². The molecule has 2 aromatic rings. The fourth-order valence-electron chi connectivity index (χ4n) is 11.0. The maximum Gasteiger partial charge on any atom is -0.0105 e. The third kappa shape index (κ3) is 3.08. The highest BCUT2D eigenvalue weighted by Crippen LogP contribution is 2.61. The summed E-state index contributed by atoms with van der Waals surface area (Å²) in [6, 6.07) is 17.5. The minimum atomic E-state index is 0.852. The number of hydrogen-bond acceptors (Lipinski definition) is 0. The van der Waals surface area contributed by atoms with Crippen LogP contribution in [0.15, 0.2) is 42.5 Å². The van der Waals surface area contributed by atoms with Crippen molar-refractivity contribution in [3.05, 3.63) is 59.2 Å². The first-order valence-electron chi connectivity index (χ1n) is 14.4. The lowest BCUT2D eigenvalue weighted by Crippen LogP contribution is -2.43. The Hall–Kier alpha value is -1.56. The van der Waals surface area contributed by atoms with Crippen LogP contribution in [0.5, 0.6) is 0 Å². The highest BCUT2D eigenvalue weighted by atomic mass is 14.5. The Labute approximate surface area is 200 Å². The molecule has 0 amide bonds. The van der Waals surface area contributed by atoms with Crippen LogP contribution in [0.2, 0.25) is 0 Å². The van der Waals surface area contributed by atoms with Crippen molar-refractivity contribution in [2.45, 2.75) is 83.0 Å². The molecule has 33 heavy (non-hydrogen) atoms. The molecular formula is C33H40. The van der Waals surface area contributed by atoms with E-state index in [4.69, 9.17) is 0 Å². The quantitative estimate of drug-likeness (QED) is 0.451. The minimum Gasteiger partial charge on any atom is -0.0581 e. The van der Waals surface area contributed by atoms with Gasteiger partial charge in [0.15, 0.2) is 0 Å². The van der Waals surface area contributed by atoms with E-state index in [0.29, 0.717) is 0 Å². The van der Waals surface area contributed by atoms with Crippen LogP contribution in [0.25, 0.3) is 11.1 Å². The normalized spacial score (nSPS) is 44.5. The van der Waals surface area contributed by atoms with Crippen LogP contribution in [0.4, 0.5) is 0 Å². The molecule has 0 saturated heterocycles. The average molecular weight is 437 g/mol. The summed E-state index contributed by atoms with van der Waals surface area (Å²) in [4.78, 5) is 0. The molecule has 0 radical (unpaired) electrons. The zero-order chi connectivity index (χ0) is 21.7. The maximum absolute atomic E-state index is 2.58. The fraction of sp³-hybridized carbons (Fsp3) is 0.636. The van der Waals surface area contributed by atoms with Crippen molar-refractivity contribution >= 4 is 0 Å². The average Bonchev–Trinajstić information content (AvgIpc) is 2.78. The minimum absolute atomic E-state index is 0.852. The molecule has 8 saturated carbocycles. The number of hydrogen-bond donors (Lipinski definition) is 0. The van der Waals surface area contributed by atoms with Gasteiger partial charge in [0.05, 0.1) is 0 Å². The van der Waals surface area contributed by atoms with Gasteiger partial charge in [-0.3, -0.25) is 0 Å². The number of benzene rings is 2. The Bertz CT molecular complexity index is 1000. The highest BCUT2D eigenvalue weighted by Gasteiger charge is 2.49. The van der Waals surface area contributed by atoms with Gasteiger partial charge in [-0.1, -0.05) is 42.5 Å². The molecular weight excluding hydrogens is 396 g/mol. The third-order valence-corrected chi connectivity index (χ3v) is 11.7. The van der Waals surface area contributed by atoms with E-state index >= 15 is 0 Å². The smallest absolute Gasteiger partial charge is 0.0105 e. The SMILES string of the molecule is Cc1cc(C2C3CC4CC(C3)CC2C4)ccc1-c1ccc(C2C3CC4CC(C3)CC2C4)cc1. The first kappa shape index (κ1) is 19.7. The van der Waals surface area contributed by atoms with E-state index in [-0.39, 0.29) is 0 Å². The van der Waals surface area contributed by atoms with Crippen LogP contribution in [0, 0.1) is 54.3 Å². The van der Waals surface area contributed by atoms with Crippen molar-refractivity contribution in [2.24, 2.45) is 47.3 Å². The van der Waals surface area contributed by atoms with Gasteiger partial charge in [-0.05, 0) is 158 Å². The Morgan fingerprint density at radius 2 is 0.909 bits per heavy atom. The Morgan fingerprint density at radius 3 is 1.36 bits per heavy atom. The maximum atomic E-state index is 2.58. The lowest BCUT2D eigenvalue weighted by molar-refractivity contribution is -0.00285. The Balaban J connectivity index is 1.05. The molecule has 0 N–H and O–H groups in total. The van der Waals surface area contributed by atoms with Gasteiger partial charge in [0.25, 0.3) is 0 Å². The first-order chi connectivity index (χ1) is 16.2. The van der Waals surface area contributed by atoms with E-state index in [1.807, 2.05) is 0 Å². The van der Waals surface area contributed by atoms with Crippen LogP contribution in [-0.4, -0.2) is 0 Å². The third-order valence-electron chi connectivity index (χ3n) is 11.7. The second kappa shape index (κ2) is 7.22. The van der Waals surface area contributed by atoms with E-state index in [0.717, 1.165) is 59.2 Å². The fourth-order valence-corrected chi connectivity index (χ4v) is 11.0. The van der Waals surface area contributed by atoms with Crippen LogP contribution in [0.3, 0.4) is 0 Å². The van der Waals surface area contributed by atoms with E-state index in [2.05, 4.69) is 49.4 Å². The van der Waals surface area contributed by atoms with Crippen LogP contribution in [-0.2, 0) is 0 Å². The molecule has 0 heteroatoms. The summed E-state index contributed by atoms with van der Waals surface area (Å²) in [6.45, 7) is 2.36. The molecule has 8 aliphatic carbocycles. The zero-order valence-electron chi connectivity index (χ0n) is 20.4. The van der Waals surface area contributed by atoms with Gasteiger partial charge in [0.1, 0.15) is 0 Å². The second-order valence-electron chi connectivity index (χ2n) is 13.6. The van der Waals surface area contributed by atoms with Crippen molar-refractivity contribution in [2.75, 3.05) is 0 Å². The molecule has 0 spiro atoms. The number of aryl methyl sites for hydroxylation is 1. The van der Waals surface area contributed by atoms with Crippen molar-refractivity contribution in [1.82, 2.24) is 0 Å². The lowest BCUT2D eigenvalue weighted by atomic mass is 9.50. The standard InChI is InChI=1S/C33H40/c1-19-8-26(33-29-15-22-10-23(17-29)18-30(33)16-22)6-7-31(19)24-2-4-25(5-3-24)32-27-11-20-9-21(13-27)14-28(32)12-20/h2-8,20-23,27-30,32-33H,9-18H2,1H3. The van der Waals surface area contributed by atoms with E-state index in [1.54, 1.807) is 24.0 Å². The van der Waals surface area contributed by atoms with Crippen LogP contribution in [0.1, 0.15) is 92.7 Å². The summed E-state index contributed by atoms with van der Waals surface area (Å²) in [6.07, 6.45) is 15.3. The summed E-state index contributed by atoms with van der Waals surface area (Å²) in [7, 11) is 0. The first-order valence-corrected chi connectivity index (χ1v) is 14.4. The predicted octanol–water partition coefficient (Wildman–Crippen LogP) is 8.74. The molecule has 2 aromatic carbocycles. The lowest BCUT2D eigenvalue weighted by Gasteiger charge is -2.54. The van der Waals surface area contributed by atoms with Crippen molar-refractivity contribution in [3.8, 4) is 11.1 Å². The van der Waals surface area contributed by atoms with Crippen LogP contribution >= 0.6 is 0 Å². The molecule has 0 unspecified atom stereocenters. The zero-order valence-corrected chi connectivity index (χ0v) is 20.4. The van der Waals surface area contributed by atoms with Gasteiger partial charge >= 0.3 is 0 Å². The molecule has 0 atom stereocenters. The topological polar surface area (TPSA) is 0 Å². The molecule has 8 aliphatic rings. The predicted molar refractivity (Wildman–Crippen MR) is 136 cm³/mol. The molecule has 10 rings (SSSR count). The Morgan fingerprint density at radius 1 is 0.485 bits per heavy atom. The molecule has 0 nitrogen and oxygen atoms in total. The van der Waals surface area contributed by atoms with Gasteiger partial charge in [0, 0.05) is 0 Å². The van der Waals surface area contributed by atoms with E-state index < -0.39 is 0 Å². The summed E-state index contributed by atoms with van der Waals surface area (Å²) in [5, 5.41) is 0. The van der Waals surface area contributed by atoms with Crippen molar-refractivity contribution in [3.63, 3.8) is 0 Å². The largest absolute Gasteiger partial charge is 0.0581 e. The molecule has 8 bridgehead atoms. The second-order valence-corrected chi connectivity index (χ2v) is 13.6. The monoisotopic (exact) mass is 436 g/mol. The number of rotatable bonds is 3. The van der Waals surface area contributed by atoms with Crippen LogP contribution < -0.4 is 0 Å². The summed E-state index contributed by atoms with van der Waals surface area (Å²) < 4.78 is 0. The van der Waals surface area contributed by atoms with Gasteiger partial charge in [-0.15, -0.1) is 0 Å². The van der Waals surface area contributed by atoms with Crippen molar-refractivity contribution < 1.29 is 0 Å².